The van der Waals surface area contributed by atoms with Crippen molar-refractivity contribution < 1.29 is 19.0 Å². The lowest BCUT2D eigenvalue weighted by molar-refractivity contribution is 0.0620. The molecule has 156 valence electrons. The smallest absolute Gasteiger partial charge is 0.253 e. The molecule has 1 amide bonds. The summed E-state index contributed by atoms with van der Waals surface area (Å²) in [5, 5.41) is 0. The van der Waals surface area contributed by atoms with Gasteiger partial charge in [0.15, 0.2) is 0 Å². The fourth-order valence-corrected chi connectivity index (χ4v) is 3.66. The van der Waals surface area contributed by atoms with E-state index < -0.39 is 0 Å². The van der Waals surface area contributed by atoms with Crippen LogP contribution in [0, 0.1) is 0 Å². The second-order valence-electron chi connectivity index (χ2n) is 6.76. The Hall–Kier alpha value is -2.38. The normalized spacial score (nSPS) is 14.5. The lowest BCUT2D eigenvalue weighted by atomic mass is 10.2. The van der Waals surface area contributed by atoms with Gasteiger partial charge in [-0.05, 0) is 30.5 Å². The standard InChI is InChI=1S/C22H28N2O4S/c1-26-18-14-19(27-2)16-20(15-18)28-13-12-23-8-10-24(11-9-23)22(25)17-4-6-21(29-3)7-5-17/h4-7,14-16H,8-13H2,1-3H3. The first kappa shape index (κ1) is 21.3. The van der Waals surface area contributed by atoms with Crippen LogP contribution >= 0.6 is 11.8 Å². The molecule has 3 rings (SSSR count). The molecule has 0 spiro atoms. The van der Waals surface area contributed by atoms with Crippen molar-refractivity contribution in [3.63, 3.8) is 0 Å². The number of ether oxygens (including phenoxy) is 3. The zero-order chi connectivity index (χ0) is 20.6. The maximum absolute atomic E-state index is 12.7. The highest BCUT2D eigenvalue weighted by molar-refractivity contribution is 7.98. The number of nitrogens with zero attached hydrogens (tertiary/aromatic N) is 2. The molecule has 7 heteroatoms. The lowest BCUT2D eigenvalue weighted by Gasteiger charge is -2.34. The number of thioether (sulfide) groups is 1. The molecular weight excluding hydrogens is 388 g/mol. The van der Waals surface area contributed by atoms with Crippen molar-refractivity contribution in [2.24, 2.45) is 0 Å². The van der Waals surface area contributed by atoms with Crippen LogP contribution in [0.5, 0.6) is 17.2 Å². The third kappa shape index (κ3) is 5.81. The van der Waals surface area contributed by atoms with Gasteiger partial charge in [0.2, 0.25) is 0 Å². The van der Waals surface area contributed by atoms with Crippen molar-refractivity contribution in [1.29, 1.82) is 0 Å². The van der Waals surface area contributed by atoms with E-state index in [2.05, 4.69) is 4.90 Å². The van der Waals surface area contributed by atoms with E-state index in [9.17, 15) is 4.79 Å². The molecule has 0 radical (unpaired) electrons. The van der Waals surface area contributed by atoms with E-state index in [1.165, 1.54) is 4.90 Å². The highest BCUT2D eigenvalue weighted by Crippen LogP contribution is 2.27. The number of rotatable bonds is 8. The predicted octanol–water partition coefficient (Wildman–Crippen LogP) is 3.26. The number of methoxy groups -OCH3 is 2. The predicted molar refractivity (Wildman–Crippen MR) is 116 cm³/mol. The van der Waals surface area contributed by atoms with E-state index in [-0.39, 0.29) is 5.91 Å². The summed E-state index contributed by atoms with van der Waals surface area (Å²) in [6, 6.07) is 13.3. The van der Waals surface area contributed by atoms with E-state index in [1.807, 2.05) is 53.6 Å². The Kier molecular flexibility index (Phi) is 7.66. The molecule has 0 unspecified atom stereocenters. The molecule has 0 N–H and O–H groups in total. The van der Waals surface area contributed by atoms with Crippen LogP contribution in [0.4, 0.5) is 0 Å². The van der Waals surface area contributed by atoms with Crippen LogP contribution in [0.2, 0.25) is 0 Å². The first-order valence-electron chi connectivity index (χ1n) is 9.64. The highest BCUT2D eigenvalue weighted by Gasteiger charge is 2.22. The van der Waals surface area contributed by atoms with Crippen LogP contribution in [-0.4, -0.2) is 75.5 Å². The van der Waals surface area contributed by atoms with Gasteiger partial charge in [-0.2, -0.15) is 0 Å². The summed E-state index contributed by atoms with van der Waals surface area (Å²) in [4.78, 5) is 18.1. The summed E-state index contributed by atoms with van der Waals surface area (Å²) >= 11 is 1.68. The van der Waals surface area contributed by atoms with Crippen molar-refractivity contribution in [2.75, 3.05) is 59.8 Å². The number of carbonyl (C=O) groups excluding carboxylic acids is 1. The molecule has 1 saturated heterocycles. The SMILES string of the molecule is COc1cc(OC)cc(OCCN2CCN(C(=O)c3ccc(SC)cc3)CC2)c1. The van der Waals surface area contributed by atoms with Crippen molar-refractivity contribution in [2.45, 2.75) is 4.90 Å². The largest absolute Gasteiger partial charge is 0.496 e. The van der Waals surface area contributed by atoms with Crippen LogP contribution in [-0.2, 0) is 0 Å². The van der Waals surface area contributed by atoms with Gasteiger partial charge in [0.1, 0.15) is 23.9 Å². The lowest BCUT2D eigenvalue weighted by Crippen LogP contribution is -2.49. The van der Waals surface area contributed by atoms with E-state index >= 15 is 0 Å². The minimum atomic E-state index is 0.108. The Labute approximate surface area is 176 Å². The third-order valence-corrected chi connectivity index (χ3v) is 5.74. The van der Waals surface area contributed by atoms with Gasteiger partial charge < -0.3 is 19.1 Å². The van der Waals surface area contributed by atoms with Crippen LogP contribution in [0.25, 0.3) is 0 Å². The second kappa shape index (κ2) is 10.4. The van der Waals surface area contributed by atoms with Crippen molar-refractivity contribution in [3.8, 4) is 17.2 Å². The molecule has 0 aromatic heterocycles. The van der Waals surface area contributed by atoms with Crippen molar-refractivity contribution in [3.05, 3.63) is 48.0 Å². The van der Waals surface area contributed by atoms with Crippen molar-refractivity contribution in [1.82, 2.24) is 9.80 Å². The zero-order valence-corrected chi connectivity index (χ0v) is 18.0. The number of carbonyl (C=O) groups is 1. The Bertz CT molecular complexity index is 783. The minimum Gasteiger partial charge on any atom is -0.496 e. The van der Waals surface area contributed by atoms with Crippen LogP contribution in [0.3, 0.4) is 0 Å². The Morgan fingerprint density at radius 3 is 2.07 bits per heavy atom. The second-order valence-corrected chi connectivity index (χ2v) is 7.64. The van der Waals surface area contributed by atoms with Gasteiger partial charge in [-0.3, -0.25) is 9.69 Å². The summed E-state index contributed by atoms with van der Waals surface area (Å²) < 4.78 is 16.4. The van der Waals surface area contributed by atoms with E-state index in [1.54, 1.807) is 26.0 Å². The summed E-state index contributed by atoms with van der Waals surface area (Å²) in [6.07, 6.45) is 2.03. The van der Waals surface area contributed by atoms with E-state index in [4.69, 9.17) is 14.2 Å². The molecule has 0 atom stereocenters. The van der Waals surface area contributed by atoms with E-state index in [0.717, 1.165) is 44.0 Å². The number of hydrogen-bond acceptors (Lipinski definition) is 6. The first-order chi connectivity index (χ1) is 14.1. The van der Waals surface area contributed by atoms with Crippen LogP contribution < -0.4 is 14.2 Å². The van der Waals surface area contributed by atoms with Crippen molar-refractivity contribution >= 4 is 17.7 Å². The molecule has 1 heterocycles. The summed E-state index contributed by atoms with van der Waals surface area (Å²) in [6.45, 7) is 4.54. The van der Waals surface area contributed by atoms with Gasteiger partial charge in [0, 0.05) is 61.4 Å². The highest BCUT2D eigenvalue weighted by atomic mass is 32.2. The summed E-state index contributed by atoms with van der Waals surface area (Å²) in [5.74, 6) is 2.25. The molecule has 1 fully saturated rings. The molecule has 6 nitrogen and oxygen atoms in total. The van der Waals surface area contributed by atoms with Gasteiger partial charge in [-0.15, -0.1) is 11.8 Å². The molecule has 29 heavy (non-hydrogen) atoms. The van der Waals surface area contributed by atoms with Gasteiger partial charge in [0.05, 0.1) is 14.2 Å². The van der Waals surface area contributed by atoms with Gasteiger partial charge in [0.25, 0.3) is 5.91 Å². The zero-order valence-electron chi connectivity index (χ0n) is 17.2. The average Bonchev–Trinajstić information content (AvgIpc) is 2.78. The molecule has 0 aliphatic carbocycles. The maximum Gasteiger partial charge on any atom is 0.253 e. The Morgan fingerprint density at radius 2 is 1.52 bits per heavy atom. The summed E-state index contributed by atoms with van der Waals surface area (Å²) in [7, 11) is 3.24. The number of amides is 1. The van der Waals surface area contributed by atoms with Crippen LogP contribution in [0.15, 0.2) is 47.4 Å². The average molecular weight is 417 g/mol. The Balaban J connectivity index is 1.44. The fraction of sp³-hybridized carbons (Fsp3) is 0.409. The maximum atomic E-state index is 12.7. The number of hydrogen-bond donors (Lipinski definition) is 0. The number of piperazine rings is 1. The summed E-state index contributed by atoms with van der Waals surface area (Å²) in [5.41, 5.74) is 0.756. The fourth-order valence-electron chi connectivity index (χ4n) is 3.25. The Morgan fingerprint density at radius 1 is 0.931 bits per heavy atom. The van der Waals surface area contributed by atoms with Gasteiger partial charge in [-0.25, -0.2) is 0 Å². The van der Waals surface area contributed by atoms with Gasteiger partial charge in [-0.1, -0.05) is 0 Å². The first-order valence-corrected chi connectivity index (χ1v) is 10.9. The monoisotopic (exact) mass is 416 g/mol. The molecule has 0 saturated carbocycles. The van der Waals surface area contributed by atoms with E-state index in [0.29, 0.717) is 18.1 Å². The molecule has 2 aromatic carbocycles. The quantitative estimate of drug-likeness (QED) is 0.616. The topological polar surface area (TPSA) is 51.2 Å². The number of benzene rings is 2. The molecule has 2 aromatic rings. The molecule has 0 bridgehead atoms. The third-order valence-electron chi connectivity index (χ3n) is 5.00. The minimum absolute atomic E-state index is 0.108. The molecular formula is C22H28N2O4S. The van der Waals surface area contributed by atoms with Crippen LogP contribution in [0.1, 0.15) is 10.4 Å². The van der Waals surface area contributed by atoms with Gasteiger partial charge >= 0.3 is 0 Å². The molecule has 1 aliphatic heterocycles. The molecule has 1 aliphatic rings.